The van der Waals surface area contributed by atoms with E-state index in [9.17, 15) is 19.2 Å². The summed E-state index contributed by atoms with van der Waals surface area (Å²) in [6.45, 7) is 37.4. The summed E-state index contributed by atoms with van der Waals surface area (Å²) >= 11 is 19.0. The van der Waals surface area contributed by atoms with Crippen molar-refractivity contribution in [2.24, 2.45) is 17.8 Å². The second kappa shape index (κ2) is 35.4. The first-order valence-electron chi connectivity index (χ1n) is 37.5. The summed E-state index contributed by atoms with van der Waals surface area (Å²) in [6, 6.07) is 4.98. The van der Waals surface area contributed by atoms with Crippen molar-refractivity contribution in [1.82, 2.24) is 73.8 Å². The minimum Gasteiger partial charge on any atom is -0.490 e. The van der Waals surface area contributed by atoms with E-state index in [1.54, 1.807) is 55.9 Å². The SMILES string of the molecule is CC(=O)N1CCC(CNC(=O)c2c(F)c(Cl)cc(C(C)c3nc(C)c4c(N)nccn34)c2OC(C)C)C1.CCN1CCC(CNC(=O)c2c(F)c(Cl)cc(C(C)c3nc(C)c4c(N)nccn34)c2OC(C)C)C1.Cc1nc(C(C)c2cc(Cl)c(F)c(C(=O)NCC3CCN(C(C)C)C3)c2OC(C)C)n2ccnc(N)c12. The predicted octanol–water partition coefficient (Wildman–Crippen LogP) is 13.2. The molecular formula is C79H102Cl3F3N18O7. The molecule has 0 spiro atoms. The zero-order valence-electron chi connectivity index (χ0n) is 65.4. The summed E-state index contributed by atoms with van der Waals surface area (Å²) in [4.78, 5) is 84.8. The molecule has 3 aliphatic rings. The maximum absolute atomic E-state index is 15.5. The van der Waals surface area contributed by atoms with Crippen molar-refractivity contribution < 1.29 is 46.6 Å². The number of carbonyl (C=O) groups is 4. The molecule has 6 unspecified atom stereocenters. The molecule has 31 heteroatoms. The number of rotatable bonds is 23. The lowest BCUT2D eigenvalue weighted by molar-refractivity contribution is -0.127. The van der Waals surface area contributed by atoms with Crippen LogP contribution in [0.3, 0.4) is 0 Å². The fourth-order valence-electron chi connectivity index (χ4n) is 14.8. The Bertz CT molecular complexity index is 4900. The third-order valence-electron chi connectivity index (χ3n) is 20.5. The normalized spacial score (nSPS) is 16.9. The number of aromatic nitrogens is 9. The molecular weight excluding hydrogens is 1480 g/mol. The number of nitrogens with one attached hydrogen (secondary N) is 3. The molecule has 3 aliphatic heterocycles. The maximum Gasteiger partial charge on any atom is 0.258 e. The average Bonchev–Trinajstić information content (AvgIpc) is 1.61. The minimum absolute atomic E-state index is 0.000232. The van der Waals surface area contributed by atoms with Gasteiger partial charge in [0.1, 0.15) is 85.4 Å². The van der Waals surface area contributed by atoms with Gasteiger partial charge in [-0.05, 0) is 151 Å². The molecule has 12 rings (SSSR count). The lowest BCUT2D eigenvalue weighted by atomic mass is 9.95. The molecule has 9 N–H and O–H groups in total. The topological polar surface area (TPSA) is 310 Å². The molecule has 110 heavy (non-hydrogen) atoms. The van der Waals surface area contributed by atoms with Crippen LogP contribution < -0.4 is 47.4 Å². The fourth-order valence-corrected chi connectivity index (χ4v) is 15.4. The number of hydrogen-bond acceptors (Lipinski definition) is 18. The smallest absolute Gasteiger partial charge is 0.258 e. The Morgan fingerprint density at radius 1 is 0.500 bits per heavy atom. The number of nitrogens with zero attached hydrogens (tertiary/aromatic N) is 12. The molecule has 9 aromatic rings. The first-order chi connectivity index (χ1) is 52.1. The summed E-state index contributed by atoms with van der Waals surface area (Å²) in [5.41, 5.74) is 23.5. The van der Waals surface area contributed by atoms with Gasteiger partial charge in [0.25, 0.3) is 17.7 Å². The van der Waals surface area contributed by atoms with E-state index in [1.165, 1.54) is 25.1 Å². The number of nitrogens with two attached hydrogens (primary N) is 3. The van der Waals surface area contributed by atoms with Crippen LogP contribution in [0.1, 0.15) is 209 Å². The van der Waals surface area contributed by atoms with Crippen LogP contribution in [-0.2, 0) is 4.79 Å². The molecule has 4 amide bonds. The molecule has 0 radical (unpaired) electrons. The monoisotopic (exact) mass is 1580 g/mol. The summed E-state index contributed by atoms with van der Waals surface area (Å²) in [5, 5.41) is 8.21. The molecule has 6 atom stereocenters. The van der Waals surface area contributed by atoms with Crippen LogP contribution in [-0.4, -0.2) is 171 Å². The van der Waals surface area contributed by atoms with Crippen molar-refractivity contribution in [3.05, 3.63) is 156 Å². The van der Waals surface area contributed by atoms with E-state index in [2.05, 4.69) is 61.5 Å². The number of nitrogen functional groups attached to an aromatic ring is 3. The molecule has 0 aliphatic carbocycles. The highest BCUT2D eigenvalue weighted by Crippen LogP contribution is 2.44. The van der Waals surface area contributed by atoms with E-state index in [0.717, 1.165) is 63.4 Å². The van der Waals surface area contributed by atoms with Crippen LogP contribution in [0.25, 0.3) is 16.6 Å². The van der Waals surface area contributed by atoms with Crippen LogP contribution in [0, 0.1) is 56.0 Å². The van der Waals surface area contributed by atoms with E-state index >= 15 is 13.2 Å². The van der Waals surface area contributed by atoms with Crippen molar-refractivity contribution in [3.8, 4) is 17.2 Å². The summed E-state index contributed by atoms with van der Waals surface area (Å²) in [6.07, 6.45) is 11.9. The van der Waals surface area contributed by atoms with E-state index in [4.69, 9.17) is 81.2 Å². The van der Waals surface area contributed by atoms with Gasteiger partial charge in [-0.1, -0.05) is 62.5 Å². The average molecular weight is 1580 g/mol. The lowest BCUT2D eigenvalue weighted by Crippen LogP contribution is -2.33. The number of ether oxygens (including phenoxy) is 3. The third-order valence-corrected chi connectivity index (χ3v) is 21.3. The molecule has 25 nitrogen and oxygen atoms in total. The zero-order valence-corrected chi connectivity index (χ0v) is 67.7. The number of halogens is 6. The molecule has 0 saturated carbocycles. The number of imidazole rings is 3. The van der Waals surface area contributed by atoms with E-state index in [-0.39, 0.29) is 85.1 Å². The van der Waals surface area contributed by atoms with Gasteiger partial charge in [0.05, 0.1) is 50.5 Å². The predicted molar refractivity (Wildman–Crippen MR) is 423 cm³/mol. The minimum atomic E-state index is -0.847. The van der Waals surface area contributed by atoms with E-state index < -0.39 is 47.0 Å². The Kier molecular flexibility index (Phi) is 26.8. The van der Waals surface area contributed by atoms with Gasteiger partial charge in [-0.25, -0.2) is 43.1 Å². The number of hydrogen-bond donors (Lipinski definition) is 6. The number of benzene rings is 3. The first-order valence-corrected chi connectivity index (χ1v) is 38.6. The Balaban J connectivity index is 0.000000176. The largest absolute Gasteiger partial charge is 0.490 e. The van der Waals surface area contributed by atoms with Gasteiger partial charge < -0.3 is 62.1 Å². The highest BCUT2D eigenvalue weighted by atomic mass is 35.5. The van der Waals surface area contributed by atoms with Crippen LogP contribution in [0.4, 0.5) is 30.6 Å². The first kappa shape index (κ1) is 83.3. The van der Waals surface area contributed by atoms with Crippen molar-refractivity contribution in [2.45, 2.75) is 172 Å². The summed E-state index contributed by atoms with van der Waals surface area (Å²) in [5.74, 6) is -1.14. The van der Waals surface area contributed by atoms with Crippen molar-refractivity contribution in [1.29, 1.82) is 0 Å². The van der Waals surface area contributed by atoms with Crippen molar-refractivity contribution in [3.63, 3.8) is 0 Å². The second-order valence-corrected chi connectivity index (χ2v) is 31.1. The Hall–Kier alpha value is -9.22. The number of amides is 4. The van der Waals surface area contributed by atoms with Crippen molar-refractivity contribution in [2.75, 3.05) is 82.6 Å². The van der Waals surface area contributed by atoms with Gasteiger partial charge in [-0.15, -0.1) is 0 Å². The number of aryl methyl sites for hydroxylation is 3. The molecule has 3 saturated heterocycles. The Morgan fingerprint density at radius 2 is 0.818 bits per heavy atom. The highest BCUT2D eigenvalue weighted by Gasteiger charge is 2.36. The second-order valence-electron chi connectivity index (χ2n) is 29.9. The van der Waals surface area contributed by atoms with E-state index in [0.29, 0.717) is 124 Å². The van der Waals surface area contributed by atoms with Crippen molar-refractivity contribution >= 4 is 92.4 Å². The highest BCUT2D eigenvalue weighted by molar-refractivity contribution is 6.32. The Morgan fingerprint density at radius 3 is 1.11 bits per heavy atom. The van der Waals surface area contributed by atoms with Gasteiger partial charge in [0, 0.05) is 130 Å². The number of carbonyl (C=O) groups excluding carboxylic acids is 4. The van der Waals surface area contributed by atoms with Crippen LogP contribution >= 0.6 is 34.8 Å². The van der Waals surface area contributed by atoms with E-state index in [1.807, 2.05) is 82.4 Å². The molecule has 3 fully saturated rings. The number of anilines is 3. The summed E-state index contributed by atoms with van der Waals surface area (Å²) < 4.78 is 70.1. The molecule has 3 aromatic carbocycles. The molecule has 0 bridgehead atoms. The van der Waals surface area contributed by atoms with Gasteiger partial charge in [0.2, 0.25) is 5.91 Å². The fraction of sp³-hybridized carbons (Fsp3) is 0.494. The van der Waals surface area contributed by atoms with Gasteiger partial charge in [-0.3, -0.25) is 32.4 Å². The lowest BCUT2D eigenvalue weighted by Gasteiger charge is -2.23. The van der Waals surface area contributed by atoms with Gasteiger partial charge >= 0.3 is 0 Å². The van der Waals surface area contributed by atoms with Crippen LogP contribution in [0.15, 0.2) is 55.4 Å². The number of fused-ring (bicyclic) bond motifs is 3. The van der Waals surface area contributed by atoms with Gasteiger partial charge in [-0.2, -0.15) is 0 Å². The standard InChI is InChI=1S/C27H36ClFN6O2.C26H32ClFN6O3.C26H34ClFN6O2/c1-14(2)34-9-7-18(13-34)12-32-27(36)21-22(29)20(28)11-19(24(21)37-15(3)4)16(5)26-33-17(6)23-25(30)31-8-10-35(23)26;1-13(2)37-23-18(14(3)25-32-15(4)22-24(29)30-7-9-34(22)25)10-19(27)21(28)20(23)26(36)31-11-17-6-8-33(12-17)16(5)35;1-6-33-9-7-17(13-33)12-31-26(35)20-21(28)19(27)11-18(23(20)36-14(2)3)15(4)25-32-16(5)22-24(29)30-8-10-34(22)25/h8,10-11,14-16,18H,7,9,12-13H2,1-6H3,(H2,30,31)(H,32,36);7,9-10,13-14,17H,6,8,11-12H2,1-5H3,(H2,29,30)(H,31,36);8,10-11,14-15,17H,6-7,9,12-13H2,1-5H3,(H2,29,30)(H,31,35). The zero-order chi connectivity index (χ0) is 80.2. The molecule has 9 heterocycles. The Labute approximate surface area is 654 Å². The molecule has 592 valence electrons. The summed E-state index contributed by atoms with van der Waals surface area (Å²) in [7, 11) is 0. The third kappa shape index (κ3) is 18.0. The van der Waals surface area contributed by atoms with Crippen LogP contribution in [0.2, 0.25) is 15.1 Å². The number of likely N-dealkylation sites (tertiary alicyclic amines) is 3. The van der Waals surface area contributed by atoms with Gasteiger partial charge in [0.15, 0.2) is 17.5 Å². The molecule has 6 aromatic heterocycles. The van der Waals surface area contributed by atoms with Crippen LogP contribution in [0.5, 0.6) is 17.2 Å². The quantitative estimate of drug-likeness (QED) is 0.0347. The maximum atomic E-state index is 15.5.